The fraction of sp³-hybridized carbons (Fsp3) is 0.316. The summed E-state index contributed by atoms with van der Waals surface area (Å²) in [4.78, 5) is 30.1. The molecule has 2 N–H and O–H groups in total. The topological polar surface area (TPSA) is 74.3 Å². The van der Waals surface area contributed by atoms with Crippen molar-refractivity contribution in [3.05, 3.63) is 59.4 Å². The number of pyridine rings is 1. The first-order chi connectivity index (χ1) is 13.0. The van der Waals surface area contributed by atoms with Crippen molar-refractivity contribution < 1.29 is 14.0 Å². The van der Waals surface area contributed by atoms with Crippen LogP contribution in [0.1, 0.15) is 18.4 Å². The van der Waals surface area contributed by atoms with Gasteiger partial charge in [0.05, 0.1) is 6.54 Å². The number of aromatic nitrogens is 1. The fourth-order valence-electron chi connectivity index (χ4n) is 2.98. The third-order valence-electron chi connectivity index (χ3n) is 4.39. The number of hydrogen-bond donors (Lipinski definition) is 2. The Hall–Kier alpha value is -2.67. The normalized spacial score (nSPS) is 19.4. The number of alkyl halides is 1. The highest BCUT2D eigenvalue weighted by molar-refractivity contribution is 6.30. The summed E-state index contributed by atoms with van der Waals surface area (Å²) < 4.78 is 15.2. The molecule has 0 aliphatic carbocycles. The maximum absolute atomic E-state index is 15.2. The minimum atomic E-state index is -2.12. The standard InChI is InChI=1S/C19H20ClFN4O2/c20-15-5-1-6-16(10-15)24-18(27)25-9-3-7-19(21,13-25)17(26)23-12-14-4-2-8-22-11-14/h1-2,4-6,8,10-11H,3,7,9,12-13H2,(H,23,26)(H,24,27). The van der Waals surface area contributed by atoms with Crippen LogP contribution in [-0.2, 0) is 11.3 Å². The molecule has 1 aromatic heterocycles. The lowest BCUT2D eigenvalue weighted by atomic mass is 9.94. The zero-order valence-electron chi connectivity index (χ0n) is 14.6. The first-order valence-electron chi connectivity index (χ1n) is 8.64. The zero-order valence-corrected chi connectivity index (χ0v) is 15.4. The van der Waals surface area contributed by atoms with Gasteiger partial charge in [0.2, 0.25) is 5.67 Å². The lowest BCUT2D eigenvalue weighted by molar-refractivity contribution is -0.135. The number of amides is 3. The van der Waals surface area contributed by atoms with Gasteiger partial charge < -0.3 is 15.5 Å². The van der Waals surface area contributed by atoms with Crippen LogP contribution in [0.3, 0.4) is 0 Å². The van der Waals surface area contributed by atoms with Gasteiger partial charge in [-0.25, -0.2) is 9.18 Å². The number of hydrogen-bond acceptors (Lipinski definition) is 3. The second kappa shape index (κ2) is 8.35. The summed E-state index contributed by atoms with van der Waals surface area (Å²) in [5, 5.41) is 5.77. The van der Waals surface area contributed by atoms with Gasteiger partial charge in [0.25, 0.3) is 5.91 Å². The molecule has 1 fully saturated rings. The molecule has 0 bridgehead atoms. The first kappa shape index (κ1) is 19.1. The van der Waals surface area contributed by atoms with Gasteiger partial charge in [-0.1, -0.05) is 23.7 Å². The number of anilines is 1. The number of piperidine rings is 1. The van der Waals surface area contributed by atoms with Crippen molar-refractivity contribution in [1.29, 1.82) is 0 Å². The minimum Gasteiger partial charge on any atom is -0.349 e. The minimum absolute atomic E-state index is 0.0762. The zero-order chi connectivity index (χ0) is 19.3. The average molecular weight is 391 g/mol. The van der Waals surface area contributed by atoms with E-state index in [1.807, 2.05) is 0 Å². The molecule has 0 saturated carbocycles. The van der Waals surface area contributed by atoms with E-state index < -0.39 is 17.6 Å². The molecule has 1 unspecified atom stereocenters. The second-order valence-corrected chi connectivity index (χ2v) is 6.91. The number of benzene rings is 1. The van der Waals surface area contributed by atoms with Gasteiger partial charge in [0.1, 0.15) is 0 Å². The number of carbonyl (C=O) groups is 2. The van der Waals surface area contributed by atoms with E-state index in [9.17, 15) is 9.59 Å². The largest absolute Gasteiger partial charge is 0.349 e. The monoisotopic (exact) mass is 390 g/mol. The second-order valence-electron chi connectivity index (χ2n) is 6.47. The lowest BCUT2D eigenvalue weighted by Crippen LogP contribution is -2.56. The molecule has 1 atom stereocenters. The molecule has 3 amide bonds. The Labute approximate surface area is 161 Å². The van der Waals surface area contributed by atoms with E-state index in [2.05, 4.69) is 15.6 Å². The van der Waals surface area contributed by atoms with Crippen LogP contribution in [0.5, 0.6) is 0 Å². The van der Waals surface area contributed by atoms with E-state index in [1.165, 1.54) is 4.90 Å². The SMILES string of the molecule is O=C(Nc1cccc(Cl)c1)N1CCCC(F)(C(=O)NCc2cccnc2)C1. The van der Waals surface area contributed by atoms with Gasteiger partial charge in [-0.15, -0.1) is 0 Å². The van der Waals surface area contributed by atoms with Crippen LogP contribution in [0.25, 0.3) is 0 Å². The van der Waals surface area contributed by atoms with Crippen molar-refractivity contribution in [3.8, 4) is 0 Å². The van der Waals surface area contributed by atoms with Crippen molar-refractivity contribution in [2.24, 2.45) is 0 Å². The van der Waals surface area contributed by atoms with Crippen molar-refractivity contribution in [2.75, 3.05) is 18.4 Å². The Kier molecular flexibility index (Phi) is 5.91. The highest BCUT2D eigenvalue weighted by Gasteiger charge is 2.43. The van der Waals surface area contributed by atoms with E-state index in [-0.39, 0.29) is 19.5 Å². The number of carbonyl (C=O) groups excluding carboxylic acids is 2. The van der Waals surface area contributed by atoms with E-state index in [0.717, 1.165) is 5.56 Å². The van der Waals surface area contributed by atoms with E-state index in [1.54, 1.807) is 48.8 Å². The predicted octanol–water partition coefficient (Wildman–Crippen LogP) is 3.39. The lowest BCUT2D eigenvalue weighted by Gasteiger charge is -2.36. The van der Waals surface area contributed by atoms with Gasteiger partial charge in [-0.3, -0.25) is 9.78 Å². The molecule has 8 heteroatoms. The van der Waals surface area contributed by atoms with Crippen LogP contribution in [0.2, 0.25) is 5.02 Å². The Balaban J connectivity index is 1.59. The highest BCUT2D eigenvalue weighted by atomic mass is 35.5. The molecule has 1 aromatic carbocycles. The molecule has 3 rings (SSSR count). The Bertz CT molecular complexity index is 820. The maximum Gasteiger partial charge on any atom is 0.321 e. The highest BCUT2D eigenvalue weighted by Crippen LogP contribution is 2.26. The quantitative estimate of drug-likeness (QED) is 0.840. The Morgan fingerprint density at radius 1 is 1.30 bits per heavy atom. The number of halogens is 2. The van der Waals surface area contributed by atoms with E-state index in [4.69, 9.17) is 11.6 Å². The summed E-state index contributed by atoms with van der Waals surface area (Å²) in [7, 11) is 0. The number of rotatable bonds is 4. The molecule has 2 heterocycles. The molecular weight excluding hydrogens is 371 g/mol. The van der Waals surface area contributed by atoms with Crippen LogP contribution in [0.4, 0.5) is 14.9 Å². The number of urea groups is 1. The Morgan fingerprint density at radius 3 is 2.89 bits per heavy atom. The number of nitrogens with one attached hydrogen (secondary N) is 2. The summed E-state index contributed by atoms with van der Waals surface area (Å²) in [6, 6.07) is 9.78. The van der Waals surface area contributed by atoms with Gasteiger partial charge in [0.15, 0.2) is 0 Å². The van der Waals surface area contributed by atoms with E-state index in [0.29, 0.717) is 23.7 Å². The van der Waals surface area contributed by atoms with Crippen LogP contribution >= 0.6 is 11.6 Å². The summed E-state index contributed by atoms with van der Waals surface area (Å²) >= 11 is 5.90. The van der Waals surface area contributed by atoms with Crippen LogP contribution in [0, 0.1) is 0 Å². The summed E-state index contributed by atoms with van der Waals surface area (Å²) in [6.07, 6.45) is 3.71. The molecule has 2 aromatic rings. The van der Waals surface area contributed by atoms with E-state index >= 15 is 4.39 Å². The summed E-state index contributed by atoms with van der Waals surface area (Å²) in [6.45, 7) is 0.277. The first-order valence-corrected chi connectivity index (χ1v) is 9.02. The fourth-order valence-corrected chi connectivity index (χ4v) is 3.17. The molecule has 0 radical (unpaired) electrons. The van der Waals surface area contributed by atoms with Crippen molar-refractivity contribution >= 4 is 29.2 Å². The average Bonchev–Trinajstić information content (AvgIpc) is 2.67. The van der Waals surface area contributed by atoms with Gasteiger partial charge >= 0.3 is 6.03 Å². The molecule has 1 aliphatic heterocycles. The smallest absolute Gasteiger partial charge is 0.321 e. The molecule has 1 saturated heterocycles. The summed E-state index contributed by atoms with van der Waals surface area (Å²) in [5.74, 6) is -0.716. The van der Waals surface area contributed by atoms with Crippen molar-refractivity contribution in [1.82, 2.24) is 15.2 Å². The van der Waals surface area contributed by atoms with Gasteiger partial charge in [-0.05, 0) is 42.7 Å². The molecule has 27 heavy (non-hydrogen) atoms. The maximum atomic E-state index is 15.2. The Morgan fingerprint density at radius 2 is 2.15 bits per heavy atom. The molecule has 6 nitrogen and oxygen atoms in total. The molecule has 142 valence electrons. The number of nitrogens with zero attached hydrogens (tertiary/aromatic N) is 2. The van der Waals surface area contributed by atoms with Crippen molar-refractivity contribution in [2.45, 2.75) is 25.1 Å². The predicted molar refractivity (Wildman–Crippen MR) is 101 cm³/mol. The van der Waals surface area contributed by atoms with Crippen LogP contribution in [-0.4, -0.2) is 40.6 Å². The van der Waals surface area contributed by atoms with Gasteiger partial charge in [0, 0.05) is 36.2 Å². The molecule has 0 spiro atoms. The van der Waals surface area contributed by atoms with Gasteiger partial charge in [-0.2, -0.15) is 0 Å². The molecular formula is C19H20ClFN4O2. The number of likely N-dealkylation sites (tertiary alicyclic amines) is 1. The summed E-state index contributed by atoms with van der Waals surface area (Å²) in [5.41, 5.74) is -0.823. The van der Waals surface area contributed by atoms with Crippen molar-refractivity contribution in [3.63, 3.8) is 0 Å². The molecule has 1 aliphatic rings. The van der Waals surface area contributed by atoms with Crippen LogP contribution < -0.4 is 10.6 Å². The van der Waals surface area contributed by atoms with Crippen LogP contribution in [0.15, 0.2) is 48.8 Å². The third kappa shape index (κ3) is 4.95. The third-order valence-corrected chi connectivity index (χ3v) is 4.62.